The molecule has 0 bridgehead atoms. The zero-order chi connectivity index (χ0) is 25.3. The highest BCUT2D eigenvalue weighted by Gasteiger charge is 2.42. The molecule has 1 fully saturated rings. The number of carboxylic acids is 1. The Morgan fingerprint density at radius 2 is 1.69 bits per heavy atom. The summed E-state index contributed by atoms with van der Waals surface area (Å²) in [5.41, 5.74) is 3.31. The van der Waals surface area contributed by atoms with Gasteiger partial charge < -0.3 is 10.0 Å². The molecule has 3 aromatic carbocycles. The predicted octanol–water partition coefficient (Wildman–Crippen LogP) is 4.60. The molecular formula is C26H25FN2O5S. The van der Waals surface area contributed by atoms with E-state index in [1.54, 1.807) is 61.5 Å². The first kappa shape index (κ1) is 24.4. The molecule has 182 valence electrons. The summed E-state index contributed by atoms with van der Waals surface area (Å²) < 4.78 is 40.3. The zero-order valence-electron chi connectivity index (χ0n) is 19.2. The van der Waals surface area contributed by atoms with Gasteiger partial charge in [0.25, 0.3) is 5.91 Å². The average molecular weight is 497 g/mol. The Morgan fingerprint density at radius 1 is 1.00 bits per heavy atom. The van der Waals surface area contributed by atoms with Crippen molar-refractivity contribution in [1.29, 1.82) is 0 Å². The van der Waals surface area contributed by atoms with Crippen molar-refractivity contribution in [2.75, 3.05) is 11.0 Å². The van der Waals surface area contributed by atoms with E-state index >= 15 is 0 Å². The molecule has 0 aliphatic carbocycles. The lowest BCUT2D eigenvalue weighted by atomic mass is 9.98. The fourth-order valence-corrected chi connectivity index (χ4v) is 5.21. The van der Waals surface area contributed by atoms with Crippen molar-refractivity contribution in [2.45, 2.75) is 31.8 Å². The Balaban J connectivity index is 1.66. The molecule has 3 aromatic rings. The molecule has 4 rings (SSSR count). The lowest BCUT2D eigenvalue weighted by Crippen LogP contribution is -2.42. The summed E-state index contributed by atoms with van der Waals surface area (Å²) in [6, 6.07) is 16.3. The van der Waals surface area contributed by atoms with Crippen LogP contribution in [0.2, 0.25) is 0 Å². The Bertz CT molecular complexity index is 1390. The summed E-state index contributed by atoms with van der Waals surface area (Å²) in [6.07, 6.45) is 1.66. The molecule has 7 nitrogen and oxygen atoms in total. The van der Waals surface area contributed by atoms with Crippen molar-refractivity contribution < 1.29 is 27.5 Å². The predicted molar refractivity (Wildman–Crippen MR) is 131 cm³/mol. The van der Waals surface area contributed by atoms with Crippen LogP contribution in [0.4, 0.5) is 10.1 Å². The first-order valence-corrected chi connectivity index (χ1v) is 12.9. The van der Waals surface area contributed by atoms with Gasteiger partial charge in [0.15, 0.2) is 0 Å². The van der Waals surface area contributed by atoms with Crippen LogP contribution in [0, 0.1) is 12.7 Å². The second-order valence-corrected chi connectivity index (χ2v) is 10.4. The summed E-state index contributed by atoms with van der Waals surface area (Å²) in [6.45, 7) is 1.79. The Kier molecular flexibility index (Phi) is 6.62. The van der Waals surface area contributed by atoms with E-state index in [-0.39, 0.29) is 12.0 Å². The third-order valence-corrected chi connectivity index (χ3v) is 6.83. The van der Waals surface area contributed by atoms with Gasteiger partial charge in [0.2, 0.25) is 10.0 Å². The minimum Gasteiger partial charge on any atom is -0.480 e. The fourth-order valence-electron chi connectivity index (χ4n) is 4.59. The molecule has 0 radical (unpaired) electrons. The maximum absolute atomic E-state index is 14.5. The summed E-state index contributed by atoms with van der Waals surface area (Å²) in [5.74, 6) is -2.09. The third kappa shape index (κ3) is 5.05. The number of carbonyl (C=O) groups is 2. The molecule has 0 unspecified atom stereocenters. The smallest absolute Gasteiger partial charge is 0.326 e. The molecular weight excluding hydrogens is 471 g/mol. The van der Waals surface area contributed by atoms with E-state index in [0.717, 1.165) is 22.9 Å². The number of rotatable bonds is 6. The number of sulfonamides is 1. The van der Waals surface area contributed by atoms with E-state index in [2.05, 4.69) is 4.72 Å². The van der Waals surface area contributed by atoms with Crippen molar-refractivity contribution in [2.24, 2.45) is 0 Å². The molecule has 1 aliphatic rings. The molecule has 1 heterocycles. The lowest BCUT2D eigenvalue weighted by molar-refractivity contribution is -0.141. The van der Waals surface area contributed by atoms with Crippen LogP contribution in [0.15, 0.2) is 66.7 Å². The largest absolute Gasteiger partial charge is 0.480 e. The molecule has 1 aliphatic heterocycles. The van der Waals surface area contributed by atoms with Gasteiger partial charge in [0.05, 0.1) is 18.0 Å². The fraction of sp³-hybridized carbons (Fsp3) is 0.231. The summed E-state index contributed by atoms with van der Waals surface area (Å²) in [4.78, 5) is 26.6. The van der Waals surface area contributed by atoms with E-state index < -0.39 is 39.8 Å². The van der Waals surface area contributed by atoms with Gasteiger partial charge in [-0.15, -0.1) is 0 Å². The molecule has 9 heteroatoms. The van der Waals surface area contributed by atoms with Crippen molar-refractivity contribution in [3.8, 4) is 11.1 Å². The molecule has 1 saturated heterocycles. The molecule has 35 heavy (non-hydrogen) atoms. The zero-order valence-corrected chi connectivity index (χ0v) is 20.0. The summed E-state index contributed by atoms with van der Waals surface area (Å²) in [7, 11) is -3.44. The van der Waals surface area contributed by atoms with Gasteiger partial charge in [0, 0.05) is 11.1 Å². The van der Waals surface area contributed by atoms with E-state index in [1.165, 1.54) is 11.0 Å². The van der Waals surface area contributed by atoms with E-state index in [0.29, 0.717) is 17.7 Å². The maximum Gasteiger partial charge on any atom is 0.326 e. The number of carbonyl (C=O) groups excluding carboxylic acids is 1. The van der Waals surface area contributed by atoms with Crippen molar-refractivity contribution in [3.05, 3.63) is 89.2 Å². The number of benzene rings is 3. The number of hydrogen-bond donors (Lipinski definition) is 2. The summed E-state index contributed by atoms with van der Waals surface area (Å²) >= 11 is 0. The third-order valence-electron chi connectivity index (χ3n) is 6.24. The number of carboxylic acid groups (broad SMARTS) is 1. The van der Waals surface area contributed by atoms with Crippen LogP contribution in [0.1, 0.15) is 40.4 Å². The molecule has 0 aromatic heterocycles. The Morgan fingerprint density at radius 3 is 2.31 bits per heavy atom. The van der Waals surface area contributed by atoms with Crippen LogP contribution in [-0.4, -0.2) is 42.6 Å². The maximum atomic E-state index is 14.5. The van der Waals surface area contributed by atoms with Gasteiger partial charge in [-0.1, -0.05) is 42.5 Å². The highest BCUT2D eigenvalue weighted by Crippen LogP contribution is 2.39. The van der Waals surface area contributed by atoms with Gasteiger partial charge in [0.1, 0.15) is 11.9 Å². The number of anilines is 1. The Labute approximate surface area is 203 Å². The second-order valence-electron chi connectivity index (χ2n) is 8.61. The van der Waals surface area contributed by atoms with Gasteiger partial charge in [-0.3, -0.25) is 9.52 Å². The van der Waals surface area contributed by atoms with Crippen molar-refractivity contribution >= 4 is 27.6 Å². The number of likely N-dealkylation sites (tertiary alicyclic amines) is 1. The van der Waals surface area contributed by atoms with E-state index in [1.807, 2.05) is 6.07 Å². The van der Waals surface area contributed by atoms with Gasteiger partial charge in [-0.05, 0) is 60.7 Å². The topological polar surface area (TPSA) is 104 Å². The molecule has 1 amide bonds. The first-order valence-electron chi connectivity index (χ1n) is 11.0. The number of aliphatic carboxylic acids is 1. The van der Waals surface area contributed by atoms with E-state index in [4.69, 9.17) is 0 Å². The van der Waals surface area contributed by atoms with Crippen LogP contribution < -0.4 is 4.72 Å². The average Bonchev–Trinajstić information content (AvgIpc) is 3.25. The van der Waals surface area contributed by atoms with Gasteiger partial charge in [-0.25, -0.2) is 17.6 Å². The van der Waals surface area contributed by atoms with Crippen LogP contribution in [0.5, 0.6) is 0 Å². The monoisotopic (exact) mass is 496 g/mol. The summed E-state index contributed by atoms with van der Waals surface area (Å²) in [5, 5.41) is 9.71. The minimum absolute atomic E-state index is 0.234. The highest BCUT2D eigenvalue weighted by molar-refractivity contribution is 7.92. The SMILES string of the molecule is Cc1c(NS(C)(=O)=O)cccc1-c1ccc(C(=O)N2[C@@H](c3ccccc3F)CC[C@H]2C(=O)O)cc1. The molecule has 2 N–H and O–H groups in total. The number of hydrogen-bond acceptors (Lipinski definition) is 4. The van der Waals surface area contributed by atoms with Gasteiger partial charge in [-0.2, -0.15) is 0 Å². The standard InChI is InChI=1S/C26H25FN2O5S/c1-16-19(7-5-9-22(16)28-35(2,33)34)17-10-12-18(13-11-17)25(30)29-23(14-15-24(29)26(31)32)20-6-3-4-8-21(20)27/h3-13,23-24,28H,14-15H2,1-2H3,(H,31,32)/t23-,24+/m1/s1. The number of nitrogens with one attached hydrogen (secondary N) is 1. The second kappa shape index (κ2) is 9.50. The van der Waals surface area contributed by atoms with E-state index in [9.17, 15) is 27.5 Å². The van der Waals surface area contributed by atoms with Crippen LogP contribution in [0.3, 0.4) is 0 Å². The molecule has 0 saturated carbocycles. The highest BCUT2D eigenvalue weighted by atomic mass is 32.2. The van der Waals surface area contributed by atoms with Crippen LogP contribution in [-0.2, 0) is 14.8 Å². The van der Waals surface area contributed by atoms with Crippen molar-refractivity contribution in [1.82, 2.24) is 4.90 Å². The Hall–Kier alpha value is -3.72. The minimum atomic E-state index is -3.44. The normalized spacial score (nSPS) is 17.9. The number of amides is 1. The first-order chi connectivity index (χ1) is 16.6. The molecule has 2 atom stereocenters. The van der Waals surface area contributed by atoms with Crippen LogP contribution >= 0.6 is 0 Å². The quantitative estimate of drug-likeness (QED) is 0.519. The number of halogens is 1. The molecule has 0 spiro atoms. The number of nitrogens with zero attached hydrogens (tertiary/aromatic N) is 1. The van der Waals surface area contributed by atoms with Crippen LogP contribution in [0.25, 0.3) is 11.1 Å². The van der Waals surface area contributed by atoms with Crippen molar-refractivity contribution in [3.63, 3.8) is 0 Å². The lowest BCUT2D eigenvalue weighted by Gasteiger charge is -2.29. The van der Waals surface area contributed by atoms with Gasteiger partial charge >= 0.3 is 5.97 Å².